The van der Waals surface area contributed by atoms with Crippen molar-refractivity contribution in [2.24, 2.45) is 0 Å². The van der Waals surface area contributed by atoms with E-state index in [1.54, 1.807) is 42.7 Å². The van der Waals surface area contributed by atoms with Gasteiger partial charge in [0.1, 0.15) is 17.1 Å². The lowest BCUT2D eigenvalue weighted by Crippen LogP contribution is -2.04. The number of halogens is 1. The number of nitrogens with zero attached hydrogens (tertiary/aromatic N) is 3. The number of hydrogen-bond donors (Lipinski definition) is 1. The predicted octanol–water partition coefficient (Wildman–Crippen LogP) is 2.77. The van der Waals surface area contributed by atoms with Crippen LogP contribution in [0.4, 0.5) is 4.39 Å². The molecule has 0 unspecified atom stereocenters. The summed E-state index contributed by atoms with van der Waals surface area (Å²) in [4.78, 5) is 15.3. The highest BCUT2D eigenvalue weighted by Gasteiger charge is 2.20. The zero-order chi connectivity index (χ0) is 14.8. The molecule has 1 aromatic carbocycles. The van der Waals surface area contributed by atoms with Crippen molar-refractivity contribution >= 4 is 5.97 Å². The molecule has 0 aliphatic carbocycles. The molecule has 0 atom stereocenters. The summed E-state index contributed by atoms with van der Waals surface area (Å²) in [6, 6.07) is 9.37. The van der Waals surface area contributed by atoms with Crippen molar-refractivity contribution in [3.63, 3.8) is 0 Å². The van der Waals surface area contributed by atoms with Gasteiger partial charge in [0.2, 0.25) is 0 Å². The highest BCUT2D eigenvalue weighted by molar-refractivity contribution is 5.95. The molecule has 6 heteroatoms. The lowest BCUT2D eigenvalue weighted by Gasteiger charge is -2.09. The van der Waals surface area contributed by atoms with Gasteiger partial charge in [0.15, 0.2) is 0 Å². The summed E-state index contributed by atoms with van der Waals surface area (Å²) in [6.07, 6.45) is 4.30. The Balaban J connectivity index is 2.28. The van der Waals surface area contributed by atoms with Crippen LogP contribution in [0.25, 0.3) is 16.9 Å². The van der Waals surface area contributed by atoms with E-state index in [1.165, 1.54) is 16.9 Å². The number of hydrogen-bond acceptors (Lipinski definition) is 3. The second kappa shape index (κ2) is 5.16. The molecule has 0 bridgehead atoms. The van der Waals surface area contributed by atoms with E-state index in [0.717, 1.165) is 0 Å². The average molecular weight is 283 g/mol. The zero-order valence-corrected chi connectivity index (χ0v) is 10.8. The van der Waals surface area contributed by atoms with E-state index < -0.39 is 11.8 Å². The molecule has 0 amide bonds. The van der Waals surface area contributed by atoms with Crippen LogP contribution in [0.5, 0.6) is 0 Å². The van der Waals surface area contributed by atoms with Crippen molar-refractivity contribution in [2.75, 3.05) is 0 Å². The van der Waals surface area contributed by atoms with E-state index in [9.17, 15) is 14.3 Å². The fourth-order valence-corrected chi connectivity index (χ4v) is 2.10. The molecule has 2 heterocycles. The maximum absolute atomic E-state index is 14.0. The lowest BCUT2D eigenvalue weighted by atomic mass is 10.1. The first-order chi connectivity index (χ1) is 10.2. The van der Waals surface area contributed by atoms with Crippen LogP contribution >= 0.6 is 0 Å². The van der Waals surface area contributed by atoms with Crippen LogP contribution in [-0.4, -0.2) is 25.8 Å². The Labute approximate surface area is 119 Å². The van der Waals surface area contributed by atoms with Crippen LogP contribution in [0, 0.1) is 5.82 Å². The summed E-state index contributed by atoms with van der Waals surface area (Å²) < 4.78 is 15.2. The minimum atomic E-state index is -1.12. The third-order valence-electron chi connectivity index (χ3n) is 3.03. The summed E-state index contributed by atoms with van der Waals surface area (Å²) in [7, 11) is 0. The van der Waals surface area contributed by atoms with Crippen molar-refractivity contribution in [2.45, 2.75) is 0 Å². The van der Waals surface area contributed by atoms with Gasteiger partial charge in [-0.2, -0.15) is 5.10 Å². The van der Waals surface area contributed by atoms with Gasteiger partial charge in [-0.25, -0.2) is 13.9 Å². The number of para-hydroxylation sites is 1. The molecular formula is C15H10FN3O2. The summed E-state index contributed by atoms with van der Waals surface area (Å²) >= 11 is 0. The molecule has 21 heavy (non-hydrogen) atoms. The number of pyridine rings is 1. The van der Waals surface area contributed by atoms with Crippen molar-refractivity contribution in [1.29, 1.82) is 0 Å². The van der Waals surface area contributed by atoms with Gasteiger partial charge < -0.3 is 5.11 Å². The van der Waals surface area contributed by atoms with Gasteiger partial charge in [0.25, 0.3) is 0 Å². The molecule has 104 valence electrons. The first-order valence-electron chi connectivity index (χ1n) is 6.15. The first kappa shape index (κ1) is 13.0. The monoisotopic (exact) mass is 283 g/mol. The molecule has 3 rings (SSSR count). The number of aromatic nitrogens is 3. The number of carbonyl (C=O) groups is 1. The second-order valence-corrected chi connectivity index (χ2v) is 4.31. The Bertz CT molecular complexity index is 800. The lowest BCUT2D eigenvalue weighted by molar-refractivity contribution is 0.0697. The maximum Gasteiger partial charge on any atom is 0.339 e. The van der Waals surface area contributed by atoms with Crippen LogP contribution in [0.3, 0.4) is 0 Å². The second-order valence-electron chi connectivity index (χ2n) is 4.31. The molecule has 0 aliphatic heterocycles. The molecule has 0 radical (unpaired) electrons. The topological polar surface area (TPSA) is 68.0 Å². The van der Waals surface area contributed by atoms with E-state index in [1.807, 2.05) is 0 Å². The van der Waals surface area contributed by atoms with Gasteiger partial charge in [-0.1, -0.05) is 12.1 Å². The number of rotatable bonds is 3. The van der Waals surface area contributed by atoms with Gasteiger partial charge in [0, 0.05) is 18.0 Å². The molecule has 0 aliphatic rings. The van der Waals surface area contributed by atoms with Crippen molar-refractivity contribution in [3.8, 4) is 16.9 Å². The molecule has 0 saturated carbocycles. The molecule has 0 fully saturated rings. The van der Waals surface area contributed by atoms with Crippen LogP contribution in [-0.2, 0) is 0 Å². The average Bonchev–Trinajstić information content (AvgIpc) is 2.93. The highest BCUT2D eigenvalue weighted by atomic mass is 19.1. The molecule has 0 spiro atoms. The number of carboxylic acids is 1. The molecule has 1 N–H and O–H groups in total. The SMILES string of the molecule is O=C(O)c1cnn(-c2ccccc2F)c1-c1ccncc1. The molecule has 2 aromatic heterocycles. The summed E-state index contributed by atoms with van der Waals surface area (Å²) in [6.45, 7) is 0. The van der Waals surface area contributed by atoms with Crippen molar-refractivity contribution in [3.05, 3.63) is 66.4 Å². The Kier molecular flexibility index (Phi) is 3.19. The maximum atomic E-state index is 14.0. The van der Waals surface area contributed by atoms with Crippen LogP contribution < -0.4 is 0 Å². The molecule has 0 saturated heterocycles. The normalized spacial score (nSPS) is 10.5. The third kappa shape index (κ3) is 2.27. The largest absolute Gasteiger partial charge is 0.478 e. The van der Waals surface area contributed by atoms with Crippen molar-refractivity contribution in [1.82, 2.24) is 14.8 Å². The Hall–Kier alpha value is -3.02. The number of carboxylic acid groups (broad SMARTS) is 1. The van der Waals surface area contributed by atoms with E-state index in [0.29, 0.717) is 11.3 Å². The van der Waals surface area contributed by atoms with E-state index in [-0.39, 0.29) is 11.3 Å². The van der Waals surface area contributed by atoms with E-state index >= 15 is 0 Å². The summed E-state index contributed by atoms with van der Waals surface area (Å²) in [5.41, 5.74) is 1.11. The van der Waals surface area contributed by atoms with E-state index in [2.05, 4.69) is 10.1 Å². The zero-order valence-electron chi connectivity index (χ0n) is 10.8. The minimum Gasteiger partial charge on any atom is -0.478 e. The Morgan fingerprint density at radius 3 is 2.52 bits per heavy atom. The fourth-order valence-electron chi connectivity index (χ4n) is 2.10. The molecule has 5 nitrogen and oxygen atoms in total. The Morgan fingerprint density at radius 2 is 1.86 bits per heavy atom. The fraction of sp³-hybridized carbons (Fsp3) is 0. The van der Waals surface area contributed by atoms with E-state index in [4.69, 9.17) is 0 Å². The van der Waals surface area contributed by atoms with Gasteiger partial charge in [-0.15, -0.1) is 0 Å². The molecular weight excluding hydrogens is 273 g/mol. The van der Waals surface area contributed by atoms with Gasteiger partial charge in [-0.3, -0.25) is 4.98 Å². The van der Waals surface area contributed by atoms with Crippen LogP contribution in [0.1, 0.15) is 10.4 Å². The minimum absolute atomic E-state index is 0.00412. The summed E-state index contributed by atoms with van der Waals surface area (Å²) in [5.74, 6) is -1.60. The molecule has 3 aromatic rings. The Morgan fingerprint density at radius 1 is 1.14 bits per heavy atom. The predicted molar refractivity (Wildman–Crippen MR) is 73.7 cm³/mol. The van der Waals surface area contributed by atoms with Crippen LogP contribution in [0.2, 0.25) is 0 Å². The number of benzene rings is 1. The van der Waals surface area contributed by atoms with Crippen LogP contribution in [0.15, 0.2) is 55.0 Å². The number of aromatic carboxylic acids is 1. The van der Waals surface area contributed by atoms with Gasteiger partial charge in [0.05, 0.1) is 11.9 Å². The first-order valence-corrected chi connectivity index (χ1v) is 6.15. The highest BCUT2D eigenvalue weighted by Crippen LogP contribution is 2.27. The van der Waals surface area contributed by atoms with Gasteiger partial charge >= 0.3 is 5.97 Å². The van der Waals surface area contributed by atoms with Crippen molar-refractivity contribution < 1.29 is 14.3 Å². The standard InChI is InChI=1S/C15H10FN3O2/c16-12-3-1-2-4-13(12)19-14(10-5-7-17-8-6-10)11(9-18-19)15(20)21/h1-9H,(H,20,21). The summed E-state index contributed by atoms with van der Waals surface area (Å²) in [5, 5.41) is 13.3. The third-order valence-corrected chi connectivity index (χ3v) is 3.03. The smallest absolute Gasteiger partial charge is 0.339 e. The van der Waals surface area contributed by atoms with Gasteiger partial charge in [-0.05, 0) is 24.3 Å². The quantitative estimate of drug-likeness (QED) is 0.802.